The molecule has 0 aliphatic carbocycles. The second kappa shape index (κ2) is 5.03. The van der Waals surface area contributed by atoms with Crippen molar-refractivity contribution in [2.75, 3.05) is 0 Å². The number of thioether (sulfide) groups is 1. The molecule has 0 fully saturated rings. The second-order valence-corrected chi connectivity index (χ2v) is 3.02. The summed E-state index contributed by atoms with van der Waals surface area (Å²) in [6.45, 7) is -0.0392. The van der Waals surface area contributed by atoms with Gasteiger partial charge in [-0.1, -0.05) is 6.90 Å². The summed E-state index contributed by atoms with van der Waals surface area (Å²) < 4.78 is 7.02. The Hall–Kier alpha value is -0.680. The lowest BCUT2D eigenvalue weighted by molar-refractivity contribution is -0.138. The Morgan fingerprint density at radius 3 is 2.91 bits per heavy atom. The molecule has 5 N–H and O–H groups in total. The molecule has 0 aromatic rings. The summed E-state index contributed by atoms with van der Waals surface area (Å²) in [5.41, 5.74) is 10.4. The van der Waals surface area contributed by atoms with Gasteiger partial charge in [-0.15, -0.1) is 11.8 Å². The molecular formula is C6H12N2O2S. The minimum atomic E-state index is -1.09. The predicted octanol–water partition coefficient (Wildman–Crippen LogP) is -0.0501. The van der Waals surface area contributed by atoms with Crippen LogP contribution in [0.4, 0.5) is 0 Å². The number of nitrogens with two attached hydrogens (primary N) is 2. The van der Waals surface area contributed by atoms with Crippen LogP contribution in [0.15, 0.2) is 11.6 Å². The maximum atomic E-state index is 10.4. The van der Waals surface area contributed by atoms with Crippen LogP contribution in [-0.4, -0.2) is 22.4 Å². The Kier molecular flexibility index (Phi) is 3.85. The third-order valence-electron chi connectivity index (χ3n) is 1.02. The van der Waals surface area contributed by atoms with E-state index >= 15 is 0 Å². The summed E-state index contributed by atoms with van der Waals surface area (Å²) in [5, 5.41) is 9.59. The van der Waals surface area contributed by atoms with E-state index in [4.69, 9.17) is 17.9 Å². The molecular weight excluding hydrogens is 164 g/mol. The van der Waals surface area contributed by atoms with Crippen molar-refractivity contribution in [2.45, 2.75) is 18.2 Å². The molecule has 0 aliphatic heterocycles. The fourth-order valence-corrected chi connectivity index (χ4v) is 0.968. The van der Waals surface area contributed by atoms with Gasteiger partial charge >= 0.3 is 5.97 Å². The first-order chi connectivity index (χ1) is 5.63. The summed E-state index contributed by atoms with van der Waals surface area (Å²) in [7, 11) is 0. The maximum Gasteiger partial charge on any atom is 0.321 e. The molecule has 0 bridgehead atoms. The first kappa shape index (κ1) is 8.42. The van der Waals surface area contributed by atoms with Gasteiger partial charge in [0.1, 0.15) is 6.04 Å². The van der Waals surface area contributed by atoms with Gasteiger partial charge in [0.2, 0.25) is 0 Å². The fourth-order valence-electron chi connectivity index (χ4n) is 0.390. The van der Waals surface area contributed by atoms with Crippen LogP contribution >= 0.6 is 11.8 Å². The molecule has 4 nitrogen and oxygen atoms in total. The van der Waals surface area contributed by atoms with Crippen LogP contribution < -0.4 is 11.5 Å². The predicted molar refractivity (Wildman–Crippen MR) is 46.0 cm³/mol. The summed E-state index contributed by atoms with van der Waals surface area (Å²) in [6.07, 6.45) is 1.29. The highest BCUT2D eigenvalue weighted by Gasteiger charge is 2.18. The van der Waals surface area contributed by atoms with Crippen molar-refractivity contribution in [1.29, 1.82) is 0 Å². The molecule has 0 saturated heterocycles. The van der Waals surface area contributed by atoms with Crippen molar-refractivity contribution >= 4 is 17.7 Å². The highest BCUT2D eigenvalue weighted by atomic mass is 32.2. The first-order valence-corrected chi connectivity index (χ1v) is 3.87. The quantitative estimate of drug-likeness (QED) is 0.560. The molecule has 0 amide bonds. The van der Waals surface area contributed by atoms with Crippen LogP contribution in [0.5, 0.6) is 0 Å². The first-order valence-electron chi connectivity index (χ1n) is 3.64. The van der Waals surface area contributed by atoms with Crippen molar-refractivity contribution < 1.29 is 11.3 Å². The molecule has 0 saturated carbocycles. The largest absolute Gasteiger partial charge is 0.480 e. The third kappa shape index (κ3) is 3.90. The van der Waals surface area contributed by atoms with Gasteiger partial charge in [0, 0.05) is 12.8 Å². The molecule has 0 rings (SSSR count). The van der Waals surface area contributed by atoms with Crippen molar-refractivity contribution in [3.63, 3.8) is 0 Å². The van der Waals surface area contributed by atoms with Gasteiger partial charge in [0.05, 0.1) is 0 Å². The van der Waals surface area contributed by atoms with E-state index in [1.165, 1.54) is 11.6 Å². The van der Waals surface area contributed by atoms with E-state index in [1.54, 1.807) is 0 Å². The number of aliphatic carboxylic acids is 1. The van der Waals surface area contributed by atoms with Crippen LogP contribution in [0, 0.1) is 0 Å². The van der Waals surface area contributed by atoms with E-state index < -0.39 is 17.3 Å². The van der Waals surface area contributed by atoms with E-state index in [9.17, 15) is 4.79 Å². The Morgan fingerprint density at radius 1 is 1.91 bits per heavy atom. The van der Waals surface area contributed by atoms with Gasteiger partial charge in [0.15, 0.2) is 0 Å². The minimum absolute atomic E-state index is 0.0392. The number of rotatable bonds is 4. The van der Waals surface area contributed by atoms with Crippen molar-refractivity contribution in [3.8, 4) is 0 Å². The van der Waals surface area contributed by atoms with Gasteiger partial charge in [-0.3, -0.25) is 4.79 Å². The molecule has 0 radical (unpaired) electrons. The lowest BCUT2D eigenvalue weighted by Crippen LogP contribution is -2.38. The zero-order valence-corrected chi connectivity index (χ0v) is 6.75. The van der Waals surface area contributed by atoms with E-state index in [2.05, 4.69) is 0 Å². The number of hydrogen-bond donors (Lipinski definition) is 3. The van der Waals surface area contributed by atoms with Gasteiger partial charge in [-0.05, 0) is 5.41 Å². The molecule has 0 spiro atoms. The van der Waals surface area contributed by atoms with Crippen LogP contribution in [0.3, 0.4) is 0 Å². The zero-order valence-electron chi connectivity index (χ0n) is 6.93. The normalized spacial score (nSPS) is 17.7. The number of carboxylic acids is 1. The Bertz CT molecular complexity index is 177. The van der Waals surface area contributed by atoms with Gasteiger partial charge in [0.25, 0.3) is 0 Å². The van der Waals surface area contributed by atoms with Crippen LogP contribution in [0.25, 0.3) is 0 Å². The smallest absolute Gasteiger partial charge is 0.321 e. The molecule has 11 heavy (non-hydrogen) atoms. The van der Waals surface area contributed by atoms with Crippen LogP contribution in [0.1, 0.15) is 8.27 Å². The van der Waals surface area contributed by atoms with Gasteiger partial charge < -0.3 is 16.6 Å². The zero-order chi connectivity index (χ0) is 9.56. The molecule has 1 unspecified atom stereocenters. The van der Waals surface area contributed by atoms with E-state index in [0.29, 0.717) is 0 Å². The summed E-state index contributed by atoms with van der Waals surface area (Å²) >= 11 is 1.16. The number of carboxylic acid groups (broad SMARTS) is 1. The Labute approximate surface area is 71.0 Å². The van der Waals surface area contributed by atoms with Gasteiger partial charge in [-0.25, -0.2) is 0 Å². The van der Waals surface area contributed by atoms with Crippen molar-refractivity contribution in [3.05, 3.63) is 11.6 Å². The second-order valence-electron chi connectivity index (χ2n) is 1.87. The summed E-state index contributed by atoms with van der Waals surface area (Å²) in [4.78, 5) is 10.4. The molecule has 0 aromatic carbocycles. The van der Waals surface area contributed by atoms with Crippen LogP contribution in [0.2, 0.25) is 0 Å². The topological polar surface area (TPSA) is 89.3 Å². The third-order valence-corrected chi connectivity index (χ3v) is 1.97. The molecule has 0 aromatic heterocycles. The standard InChI is InChI=1S/C6H12N2O2S/c1-4(11-3-2-7)5(8)6(9)10/h2-5H,7-8H2,1H3,(H,9,10)/b3-2-/t4?,5-/m0/s1/i1D. The van der Waals surface area contributed by atoms with E-state index in [-0.39, 0.29) is 6.90 Å². The lowest BCUT2D eigenvalue weighted by atomic mass is 10.2. The lowest BCUT2D eigenvalue weighted by Gasteiger charge is -2.12. The minimum Gasteiger partial charge on any atom is -0.480 e. The molecule has 2 atom stereocenters. The van der Waals surface area contributed by atoms with Crippen molar-refractivity contribution in [2.24, 2.45) is 11.5 Å². The number of hydrogen-bond acceptors (Lipinski definition) is 4. The molecule has 64 valence electrons. The van der Waals surface area contributed by atoms with E-state index in [1.807, 2.05) is 0 Å². The molecule has 0 aliphatic rings. The highest BCUT2D eigenvalue weighted by molar-refractivity contribution is 8.02. The van der Waals surface area contributed by atoms with Crippen molar-refractivity contribution in [1.82, 2.24) is 0 Å². The number of carbonyl (C=O) groups is 1. The Morgan fingerprint density at radius 2 is 2.55 bits per heavy atom. The Balaban J connectivity index is 4.04. The maximum absolute atomic E-state index is 10.4. The fraction of sp³-hybridized carbons (Fsp3) is 0.500. The van der Waals surface area contributed by atoms with Gasteiger partial charge in [-0.2, -0.15) is 0 Å². The molecule has 5 heteroatoms. The SMILES string of the molecule is [2H]CC(S/C=C\N)[C@H](N)C(=O)O. The highest BCUT2D eigenvalue weighted by Crippen LogP contribution is 2.13. The molecule has 0 heterocycles. The summed E-state index contributed by atoms with van der Waals surface area (Å²) in [5.74, 6) is -1.09. The van der Waals surface area contributed by atoms with Crippen LogP contribution in [-0.2, 0) is 4.79 Å². The summed E-state index contributed by atoms with van der Waals surface area (Å²) in [6, 6.07) is -1.01. The average Bonchev–Trinajstić information content (AvgIpc) is 2.05. The monoisotopic (exact) mass is 177 g/mol. The van der Waals surface area contributed by atoms with E-state index in [0.717, 1.165) is 11.8 Å². The average molecular weight is 177 g/mol.